The van der Waals surface area contributed by atoms with Crippen molar-refractivity contribution in [1.29, 1.82) is 0 Å². The zero-order chi connectivity index (χ0) is 23.3. The van der Waals surface area contributed by atoms with Crippen molar-refractivity contribution in [3.05, 3.63) is 66.1 Å². The van der Waals surface area contributed by atoms with Crippen LogP contribution < -0.4 is 10.6 Å². The van der Waals surface area contributed by atoms with Crippen molar-refractivity contribution in [2.45, 2.75) is 56.4 Å². The number of hydrogen-bond donors (Lipinski definition) is 3. The van der Waals surface area contributed by atoms with E-state index in [0.29, 0.717) is 13.0 Å². The molecule has 1 aliphatic carbocycles. The van der Waals surface area contributed by atoms with Crippen LogP contribution in [0.4, 0.5) is 4.79 Å². The van der Waals surface area contributed by atoms with Gasteiger partial charge in [0.2, 0.25) is 5.91 Å². The van der Waals surface area contributed by atoms with Crippen molar-refractivity contribution in [2.24, 2.45) is 0 Å². The second-order valence-electron chi connectivity index (χ2n) is 9.22. The zero-order valence-corrected chi connectivity index (χ0v) is 19.3. The molecule has 0 bridgehead atoms. The van der Waals surface area contributed by atoms with Gasteiger partial charge in [-0.3, -0.25) is 9.78 Å². The number of benzene rings is 1. The molecule has 1 aliphatic rings. The largest absolute Gasteiger partial charge is 0.453 e. The van der Waals surface area contributed by atoms with Gasteiger partial charge in [-0.1, -0.05) is 43.5 Å². The highest BCUT2D eigenvalue weighted by molar-refractivity contribution is 5.91. The number of ether oxygens (including phenoxy) is 1. The summed E-state index contributed by atoms with van der Waals surface area (Å²) >= 11 is 0. The van der Waals surface area contributed by atoms with E-state index in [0.717, 1.165) is 47.8 Å². The van der Waals surface area contributed by atoms with Crippen LogP contribution in [0.15, 0.2) is 54.9 Å². The molecule has 2 amide bonds. The van der Waals surface area contributed by atoms with E-state index >= 15 is 0 Å². The highest BCUT2D eigenvalue weighted by atomic mass is 16.5. The summed E-state index contributed by atoms with van der Waals surface area (Å²) in [4.78, 5) is 33.6. The number of carbonyl (C=O) groups is 2. The van der Waals surface area contributed by atoms with Crippen molar-refractivity contribution in [3.8, 4) is 0 Å². The number of alkyl carbamates (subject to hydrolysis) is 1. The van der Waals surface area contributed by atoms with Gasteiger partial charge in [-0.05, 0) is 43.5 Å². The Bertz CT molecular complexity index is 1100. The van der Waals surface area contributed by atoms with Gasteiger partial charge in [0.25, 0.3) is 0 Å². The normalized spacial score (nSPS) is 17.2. The lowest BCUT2D eigenvalue weighted by atomic mass is 9.71. The first-order valence-electron chi connectivity index (χ1n) is 11.6. The van der Waals surface area contributed by atoms with Crippen molar-refractivity contribution in [2.75, 3.05) is 13.7 Å². The molecular weight excluding hydrogens is 416 g/mol. The van der Waals surface area contributed by atoms with Gasteiger partial charge >= 0.3 is 6.09 Å². The standard InChI is InChI=1S/C26H32N4O3/c1-25(30-24(32)33-2,16-19-17-28-21-11-5-4-10-20(19)21)23(31)29-18-26(13-7-3-8-14-26)22-12-6-9-15-27-22/h4-6,9-12,15,17,28H,3,7-8,13-14,16,18H2,1-2H3,(H,29,31)(H,30,32)/t25-/m0/s1. The monoisotopic (exact) mass is 448 g/mol. The molecule has 0 radical (unpaired) electrons. The van der Waals surface area contributed by atoms with Crippen LogP contribution in [-0.2, 0) is 21.4 Å². The third-order valence-electron chi connectivity index (χ3n) is 6.89. The maximum atomic E-state index is 13.6. The number of rotatable bonds is 7. The molecule has 174 valence electrons. The number of pyridine rings is 1. The number of aromatic nitrogens is 2. The van der Waals surface area contributed by atoms with E-state index in [4.69, 9.17) is 4.74 Å². The second kappa shape index (κ2) is 9.65. The lowest BCUT2D eigenvalue weighted by molar-refractivity contribution is -0.127. The number of hydrogen-bond acceptors (Lipinski definition) is 4. The number of methoxy groups -OCH3 is 1. The number of para-hydroxylation sites is 1. The summed E-state index contributed by atoms with van der Waals surface area (Å²) in [5.41, 5.74) is 1.59. The number of H-pyrrole nitrogens is 1. The molecule has 1 atom stereocenters. The first-order chi connectivity index (χ1) is 16.0. The molecule has 2 aromatic heterocycles. The fourth-order valence-corrected chi connectivity index (χ4v) is 4.99. The van der Waals surface area contributed by atoms with Crippen LogP contribution in [0.5, 0.6) is 0 Å². The van der Waals surface area contributed by atoms with Crippen LogP contribution >= 0.6 is 0 Å². The Hall–Kier alpha value is -3.35. The Morgan fingerprint density at radius 3 is 2.61 bits per heavy atom. The van der Waals surface area contributed by atoms with Crippen LogP contribution in [0, 0.1) is 0 Å². The van der Waals surface area contributed by atoms with E-state index in [9.17, 15) is 9.59 Å². The Kier molecular flexibility index (Phi) is 6.67. The van der Waals surface area contributed by atoms with Crippen LogP contribution in [-0.4, -0.2) is 41.2 Å². The van der Waals surface area contributed by atoms with E-state index in [1.165, 1.54) is 13.5 Å². The first-order valence-corrected chi connectivity index (χ1v) is 11.6. The minimum atomic E-state index is -1.18. The second-order valence-corrected chi connectivity index (χ2v) is 9.22. The van der Waals surface area contributed by atoms with E-state index in [2.05, 4.69) is 26.7 Å². The molecule has 1 fully saturated rings. The van der Waals surface area contributed by atoms with Crippen molar-refractivity contribution < 1.29 is 14.3 Å². The number of nitrogens with zero attached hydrogens (tertiary/aromatic N) is 1. The Morgan fingerprint density at radius 1 is 1.12 bits per heavy atom. The summed E-state index contributed by atoms with van der Waals surface area (Å²) < 4.78 is 4.84. The molecule has 33 heavy (non-hydrogen) atoms. The molecule has 3 aromatic rings. The fourth-order valence-electron chi connectivity index (χ4n) is 4.99. The third kappa shape index (κ3) is 4.87. The van der Waals surface area contributed by atoms with Crippen LogP contribution in [0.25, 0.3) is 10.9 Å². The van der Waals surface area contributed by atoms with Gasteiger partial charge in [0.15, 0.2) is 0 Å². The Morgan fingerprint density at radius 2 is 1.88 bits per heavy atom. The summed E-state index contributed by atoms with van der Waals surface area (Å²) in [5.74, 6) is -0.237. The van der Waals surface area contributed by atoms with Crippen LogP contribution in [0.2, 0.25) is 0 Å². The van der Waals surface area contributed by atoms with Gasteiger partial charge in [0.1, 0.15) is 5.54 Å². The predicted octanol–water partition coefficient (Wildman–Crippen LogP) is 4.24. The summed E-state index contributed by atoms with van der Waals surface area (Å²) in [6, 6.07) is 13.9. The zero-order valence-electron chi connectivity index (χ0n) is 19.3. The van der Waals surface area contributed by atoms with E-state index in [1.807, 2.05) is 48.8 Å². The van der Waals surface area contributed by atoms with Gasteiger partial charge in [-0.15, -0.1) is 0 Å². The third-order valence-corrected chi connectivity index (χ3v) is 6.89. The molecule has 7 nitrogen and oxygen atoms in total. The molecule has 0 spiro atoms. The summed E-state index contributed by atoms with van der Waals surface area (Å²) in [6.45, 7) is 2.23. The molecule has 0 saturated heterocycles. The first kappa shape index (κ1) is 22.8. The molecule has 3 N–H and O–H groups in total. The molecule has 1 aromatic carbocycles. The molecule has 2 heterocycles. The van der Waals surface area contributed by atoms with E-state index < -0.39 is 11.6 Å². The van der Waals surface area contributed by atoms with Gasteiger partial charge in [-0.2, -0.15) is 0 Å². The summed E-state index contributed by atoms with van der Waals surface area (Å²) in [6.07, 6.45) is 8.78. The highest BCUT2D eigenvalue weighted by Crippen LogP contribution is 2.38. The smallest absolute Gasteiger partial charge is 0.407 e. The topological polar surface area (TPSA) is 96.1 Å². The summed E-state index contributed by atoms with van der Waals surface area (Å²) in [7, 11) is 1.30. The van der Waals surface area contributed by atoms with Crippen molar-refractivity contribution in [1.82, 2.24) is 20.6 Å². The van der Waals surface area contributed by atoms with Gasteiger partial charge < -0.3 is 20.4 Å². The summed E-state index contributed by atoms with van der Waals surface area (Å²) in [5, 5.41) is 6.97. The number of aromatic amines is 1. The maximum absolute atomic E-state index is 13.6. The Balaban J connectivity index is 1.57. The van der Waals surface area contributed by atoms with Crippen molar-refractivity contribution >= 4 is 22.9 Å². The van der Waals surface area contributed by atoms with Gasteiger partial charge in [-0.25, -0.2) is 4.79 Å². The van der Waals surface area contributed by atoms with Crippen LogP contribution in [0.3, 0.4) is 0 Å². The quantitative estimate of drug-likeness (QED) is 0.504. The Labute approximate surface area is 194 Å². The molecule has 7 heteroatoms. The average Bonchev–Trinajstić information content (AvgIpc) is 3.26. The fraction of sp³-hybridized carbons (Fsp3) is 0.423. The predicted molar refractivity (Wildman–Crippen MR) is 128 cm³/mol. The number of amides is 2. The van der Waals surface area contributed by atoms with Gasteiger partial charge in [0.05, 0.1) is 7.11 Å². The van der Waals surface area contributed by atoms with Gasteiger partial charge in [0, 0.05) is 47.4 Å². The average molecular weight is 449 g/mol. The van der Waals surface area contributed by atoms with E-state index in [1.54, 1.807) is 6.92 Å². The molecule has 0 unspecified atom stereocenters. The number of carbonyl (C=O) groups excluding carboxylic acids is 2. The number of nitrogens with one attached hydrogen (secondary N) is 3. The van der Waals surface area contributed by atoms with Crippen LogP contribution in [0.1, 0.15) is 50.3 Å². The number of fused-ring (bicyclic) bond motifs is 1. The lowest BCUT2D eigenvalue weighted by Gasteiger charge is -2.38. The van der Waals surface area contributed by atoms with Crippen molar-refractivity contribution in [3.63, 3.8) is 0 Å². The molecular formula is C26H32N4O3. The minimum absolute atomic E-state index is 0.192. The molecule has 1 saturated carbocycles. The van der Waals surface area contributed by atoms with E-state index in [-0.39, 0.29) is 11.3 Å². The highest BCUT2D eigenvalue weighted by Gasteiger charge is 2.40. The lowest BCUT2D eigenvalue weighted by Crippen LogP contribution is -2.59. The maximum Gasteiger partial charge on any atom is 0.407 e. The molecule has 0 aliphatic heterocycles. The minimum Gasteiger partial charge on any atom is -0.453 e. The molecule has 4 rings (SSSR count). The SMILES string of the molecule is COC(=O)N[C@@](C)(Cc1c[nH]c2ccccc12)C(=O)NCC1(c2ccccn2)CCCCC1.